The van der Waals surface area contributed by atoms with Crippen molar-refractivity contribution in [2.75, 3.05) is 14.2 Å². The van der Waals surface area contributed by atoms with Gasteiger partial charge in [-0.25, -0.2) is 0 Å². The SMILES string of the molecule is COC1=CC(O)=CC(C)(S(=O)(=O)O)C(OC)=C1O. The number of aliphatic hydroxyl groups excluding tert-OH is 2. The lowest BCUT2D eigenvalue weighted by molar-refractivity contribution is 0.203. The second-order valence-corrected chi connectivity index (χ2v) is 5.54. The molecule has 0 aromatic heterocycles. The van der Waals surface area contributed by atoms with Gasteiger partial charge in [-0.15, -0.1) is 0 Å². The molecule has 0 amide bonds. The second-order valence-electron chi connectivity index (χ2n) is 3.75. The summed E-state index contributed by atoms with van der Waals surface area (Å²) in [5.74, 6) is -1.76. The molecule has 3 N–H and O–H groups in total. The molecule has 0 saturated carbocycles. The first-order valence-corrected chi connectivity index (χ1v) is 6.24. The van der Waals surface area contributed by atoms with Gasteiger partial charge in [0, 0.05) is 6.08 Å². The average Bonchev–Trinajstić information content (AvgIpc) is 2.33. The summed E-state index contributed by atoms with van der Waals surface area (Å²) in [5, 5.41) is 19.4. The van der Waals surface area contributed by atoms with Crippen LogP contribution in [0.4, 0.5) is 0 Å². The number of rotatable bonds is 3. The molecule has 102 valence electrons. The van der Waals surface area contributed by atoms with Crippen molar-refractivity contribution in [2.45, 2.75) is 11.7 Å². The maximum atomic E-state index is 11.4. The zero-order valence-electron chi connectivity index (χ0n) is 10.0. The molecule has 0 bridgehead atoms. The number of hydrogen-bond donors (Lipinski definition) is 3. The number of hydrogen-bond acceptors (Lipinski definition) is 6. The van der Waals surface area contributed by atoms with Crippen LogP contribution >= 0.6 is 0 Å². The maximum Gasteiger partial charge on any atom is 0.281 e. The molecule has 0 saturated heterocycles. The molecule has 0 heterocycles. The van der Waals surface area contributed by atoms with Crippen LogP contribution in [0.1, 0.15) is 6.92 Å². The third-order valence-corrected chi connectivity index (χ3v) is 3.94. The number of allylic oxidation sites excluding steroid dienone is 1. The molecule has 0 spiro atoms. The van der Waals surface area contributed by atoms with Gasteiger partial charge in [0.25, 0.3) is 10.1 Å². The molecule has 0 radical (unpaired) electrons. The average molecular weight is 278 g/mol. The minimum atomic E-state index is -4.68. The molecule has 8 heteroatoms. The zero-order valence-corrected chi connectivity index (χ0v) is 10.9. The Morgan fingerprint density at radius 2 is 1.78 bits per heavy atom. The Morgan fingerprint density at radius 1 is 1.22 bits per heavy atom. The third kappa shape index (κ3) is 2.16. The van der Waals surface area contributed by atoms with E-state index in [9.17, 15) is 23.2 Å². The van der Waals surface area contributed by atoms with E-state index in [2.05, 4.69) is 0 Å². The summed E-state index contributed by atoms with van der Waals surface area (Å²) >= 11 is 0. The summed E-state index contributed by atoms with van der Waals surface area (Å²) < 4.78 is 39.6. The van der Waals surface area contributed by atoms with Crippen LogP contribution in [0.2, 0.25) is 0 Å². The van der Waals surface area contributed by atoms with E-state index in [-0.39, 0.29) is 5.76 Å². The van der Waals surface area contributed by atoms with Crippen LogP contribution in [0.25, 0.3) is 0 Å². The highest BCUT2D eigenvalue weighted by atomic mass is 32.2. The minimum absolute atomic E-state index is 0.187. The van der Waals surface area contributed by atoms with Gasteiger partial charge in [0.15, 0.2) is 22.0 Å². The van der Waals surface area contributed by atoms with E-state index in [1.165, 1.54) is 7.11 Å². The van der Waals surface area contributed by atoms with Crippen LogP contribution in [0, 0.1) is 0 Å². The van der Waals surface area contributed by atoms with Crippen molar-refractivity contribution in [1.82, 2.24) is 0 Å². The largest absolute Gasteiger partial charge is 0.508 e. The number of methoxy groups -OCH3 is 2. The molecule has 18 heavy (non-hydrogen) atoms. The molecular weight excluding hydrogens is 264 g/mol. The van der Waals surface area contributed by atoms with Crippen LogP contribution in [0.15, 0.2) is 35.2 Å². The van der Waals surface area contributed by atoms with Crippen molar-refractivity contribution in [1.29, 1.82) is 0 Å². The Labute approximate surface area is 104 Å². The summed E-state index contributed by atoms with van der Waals surface area (Å²) in [7, 11) is -2.33. The van der Waals surface area contributed by atoms with Gasteiger partial charge in [0.2, 0.25) is 0 Å². The van der Waals surface area contributed by atoms with Gasteiger partial charge in [-0.05, 0) is 13.0 Å². The first kappa shape index (κ1) is 14.4. The van der Waals surface area contributed by atoms with E-state index in [1.54, 1.807) is 0 Å². The Balaban J connectivity index is 3.66. The Hall–Kier alpha value is -1.67. The van der Waals surface area contributed by atoms with Crippen LogP contribution in [0.3, 0.4) is 0 Å². The quantitative estimate of drug-likeness (QED) is 0.661. The Kier molecular flexibility index (Phi) is 3.63. The Morgan fingerprint density at radius 3 is 2.17 bits per heavy atom. The van der Waals surface area contributed by atoms with Gasteiger partial charge in [-0.3, -0.25) is 4.55 Å². The molecule has 1 atom stereocenters. The monoisotopic (exact) mass is 278 g/mol. The topological polar surface area (TPSA) is 113 Å². The molecule has 1 unspecified atom stereocenters. The first-order chi connectivity index (χ1) is 8.17. The van der Waals surface area contributed by atoms with E-state index in [0.29, 0.717) is 0 Å². The van der Waals surface area contributed by atoms with Crippen molar-refractivity contribution < 1.29 is 32.7 Å². The number of aliphatic hydroxyl groups is 2. The highest BCUT2D eigenvalue weighted by molar-refractivity contribution is 7.87. The van der Waals surface area contributed by atoms with Gasteiger partial charge in [-0.2, -0.15) is 8.42 Å². The van der Waals surface area contributed by atoms with Crippen molar-refractivity contribution in [3.63, 3.8) is 0 Å². The normalized spacial score (nSPS) is 25.1. The van der Waals surface area contributed by atoms with E-state index in [1.807, 2.05) is 0 Å². The summed E-state index contributed by atoms with van der Waals surface area (Å²) in [6.07, 6.45) is 1.84. The summed E-state index contributed by atoms with van der Waals surface area (Å²) in [5.41, 5.74) is 0. The summed E-state index contributed by atoms with van der Waals surface area (Å²) in [6.45, 7) is 1.07. The fourth-order valence-electron chi connectivity index (χ4n) is 1.59. The molecule has 0 fully saturated rings. The van der Waals surface area contributed by atoms with Crippen LogP contribution in [-0.2, 0) is 19.6 Å². The fourth-order valence-corrected chi connectivity index (χ4v) is 2.27. The summed E-state index contributed by atoms with van der Waals surface area (Å²) in [4.78, 5) is 0. The molecular formula is C10H14O7S. The van der Waals surface area contributed by atoms with Gasteiger partial charge >= 0.3 is 0 Å². The van der Waals surface area contributed by atoms with Gasteiger partial charge in [0.1, 0.15) is 5.76 Å². The molecule has 0 aromatic rings. The third-order valence-electron chi connectivity index (χ3n) is 2.56. The van der Waals surface area contributed by atoms with Crippen LogP contribution < -0.4 is 0 Å². The number of ether oxygens (including phenoxy) is 2. The first-order valence-electron chi connectivity index (χ1n) is 4.80. The van der Waals surface area contributed by atoms with Gasteiger partial charge in [0.05, 0.1) is 14.2 Å². The zero-order chi connectivity index (χ0) is 14.1. The molecule has 1 rings (SSSR count). The predicted octanol–water partition coefficient (Wildman–Crippen LogP) is 1.03. The molecule has 1 aliphatic rings. The van der Waals surface area contributed by atoms with Crippen molar-refractivity contribution in [3.8, 4) is 0 Å². The molecule has 1 aliphatic carbocycles. The summed E-state index contributed by atoms with van der Waals surface area (Å²) in [6, 6.07) is 0. The van der Waals surface area contributed by atoms with Crippen LogP contribution in [-0.4, -0.2) is 42.2 Å². The lowest BCUT2D eigenvalue weighted by atomic mass is 10.1. The van der Waals surface area contributed by atoms with Gasteiger partial charge < -0.3 is 19.7 Å². The lowest BCUT2D eigenvalue weighted by Gasteiger charge is -2.24. The maximum absolute atomic E-state index is 11.4. The molecule has 0 aromatic carbocycles. The standard InChI is InChI=1S/C10H14O7S/c1-10(18(13,14)15)5-6(11)4-7(16-2)8(12)9(10)17-3/h4-5,11-12H,1-3H3,(H,13,14,15). The predicted molar refractivity (Wildman–Crippen MR) is 62.4 cm³/mol. The van der Waals surface area contributed by atoms with Crippen molar-refractivity contribution >= 4 is 10.1 Å². The van der Waals surface area contributed by atoms with Gasteiger partial charge in [-0.1, -0.05) is 0 Å². The lowest BCUT2D eigenvalue weighted by Crippen LogP contribution is -2.37. The highest BCUT2D eigenvalue weighted by Gasteiger charge is 2.46. The minimum Gasteiger partial charge on any atom is -0.508 e. The molecule has 7 nitrogen and oxygen atoms in total. The smallest absolute Gasteiger partial charge is 0.281 e. The fraction of sp³-hybridized carbons (Fsp3) is 0.400. The van der Waals surface area contributed by atoms with E-state index < -0.39 is 32.1 Å². The molecule has 0 aliphatic heterocycles. The van der Waals surface area contributed by atoms with E-state index in [4.69, 9.17) is 9.47 Å². The Bertz CT molecular complexity index is 541. The highest BCUT2D eigenvalue weighted by Crippen LogP contribution is 2.35. The second kappa shape index (κ2) is 4.54. The van der Waals surface area contributed by atoms with Crippen LogP contribution in [0.5, 0.6) is 0 Å². The van der Waals surface area contributed by atoms with E-state index in [0.717, 1.165) is 26.2 Å². The van der Waals surface area contributed by atoms with E-state index >= 15 is 0 Å². The van der Waals surface area contributed by atoms with Crippen molar-refractivity contribution in [3.05, 3.63) is 35.2 Å². The van der Waals surface area contributed by atoms with Crippen molar-refractivity contribution in [2.24, 2.45) is 0 Å².